The van der Waals surface area contributed by atoms with Crippen LogP contribution in [0.1, 0.15) is 43.0 Å². The molecule has 0 bridgehead atoms. The summed E-state index contributed by atoms with van der Waals surface area (Å²) in [6.07, 6.45) is 0.478. The Morgan fingerprint density at radius 1 is 0.594 bits per heavy atom. The third-order valence-electron chi connectivity index (χ3n) is 11.3. The number of benzene rings is 7. The number of esters is 1. The molecule has 8 heteroatoms. The SMILES string of the molecule is CC(C)(C)OC(=O)C(N1C(=O)C(NC(c2ccccc2)(c2ccccc2)c2ccccc2)C1S(=O)CC#CCc1ccccc1)=P(c1ccccc1)(c1ccccc1)c1ccccc1. The summed E-state index contributed by atoms with van der Waals surface area (Å²) in [5.41, 5.74) is 1.85. The van der Waals surface area contributed by atoms with E-state index >= 15 is 13.8 Å². The van der Waals surface area contributed by atoms with Crippen molar-refractivity contribution in [3.63, 3.8) is 0 Å². The third kappa shape index (κ3) is 8.83. The molecule has 320 valence electrons. The lowest BCUT2D eigenvalue weighted by Gasteiger charge is -2.52. The Labute approximate surface area is 379 Å². The molecule has 0 aliphatic carbocycles. The molecule has 1 heterocycles. The maximum atomic E-state index is 15.9. The number of hydrogen-bond donors (Lipinski definition) is 1. The summed E-state index contributed by atoms with van der Waals surface area (Å²) in [6, 6.07) is 68.6. The van der Waals surface area contributed by atoms with E-state index in [4.69, 9.17) is 4.74 Å². The van der Waals surface area contributed by atoms with E-state index in [1.165, 1.54) is 4.90 Å². The van der Waals surface area contributed by atoms with Crippen LogP contribution in [-0.2, 0) is 37.1 Å². The molecule has 0 saturated carbocycles. The van der Waals surface area contributed by atoms with Crippen LogP contribution < -0.4 is 21.2 Å². The van der Waals surface area contributed by atoms with E-state index < -0.39 is 52.1 Å². The minimum atomic E-state index is -3.32. The summed E-state index contributed by atoms with van der Waals surface area (Å²) in [4.78, 5) is 33.0. The number of amides is 1. The lowest BCUT2D eigenvalue weighted by atomic mass is 9.76. The number of likely N-dealkylation sites (tertiary alicyclic amines) is 1. The normalized spacial score (nSPS) is 15.5. The highest BCUT2D eigenvalue weighted by molar-refractivity contribution is 7.96. The van der Waals surface area contributed by atoms with E-state index in [-0.39, 0.29) is 11.2 Å². The van der Waals surface area contributed by atoms with Crippen LogP contribution in [-0.4, -0.2) is 49.2 Å². The van der Waals surface area contributed by atoms with Gasteiger partial charge in [0.2, 0.25) is 5.91 Å². The molecule has 1 fully saturated rings. The van der Waals surface area contributed by atoms with Gasteiger partial charge in [-0.2, -0.15) is 0 Å². The van der Waals surface area contributed by atoms with Crippen LogP contribution in [0, 0.1) is 11.8 Å². The standard InChI is InChI=1S/C56H51N2O4PS/c1-55(2,3)62-54(60)52(63(47-36-19-8-20-37-47,48-38-21-9-22-39-48)49-40-23-10-24-41-49)58-51(59)50(53(58)64(61)42-26-25-29-43-27-11-4-12-28-43)57-56(44-30-13-5-14-31-44,45-32-15-6-16-33-45)46-34-17-7-18-35-46/h4-24,27-28,30-41,50,53,57H,29,42H2,1-3H3. The maximum absolute atomic E-state index is 15.9. The van der Waals surface area contributed by atoms with Gasteiger partial charge in [-0.3, -0.25) is 19.2 Å². The molecule has 1 aliphatic heterocycles. The molecule has 6 nitrogen and oxygen atoms in total. The number of ether oxygens (including phenoxy) is 1. The van der Waals surface area contributed by atoms with Gasteiger partial charge in [0, 0.05) is 13.3 Å². The molecule has 1 aliphatic rings. The minimum absolute atomic E-state index is 0.0382. The van der Waals surface area contributed by atoms with Gasteiger partial charge in [-0.1, -0.05) is 224 Å². The highest BCUT2D eigenvalue weighted by Gasteiger charge is 2.59. The molecule has 0 aromatic heterocycles. The molecule has 1 N–H and O–H groups in total. The number of hydrogen-bond acceptors (Lipinski definition) is 5. The third-order valence-corrected chi connectivity index (χ3v) is 17.0. The van der Waals surface area contributed by atoms with Gasteiger partial charge in [0.15, 0.2) is 0 Å². The first-order valence-electron chi connectivity index (χ1n) is 21.5. The number of β-lactam (4-membered cyclic amide) rings is 1. The predicted molar refractivity (Wildman–Crippen MR) is 264 cm³/mol. The zero-order valence-corrected chi connectivity index (χ0v) is 37.9. The summed E-state index contributed by atoms with van der Waals surface area (Å²) in [6.45, 7) is 2.16. The van der Waals surface area contributed by atoms with Gasteiger partial charge >= 0.3 is 5.97 Å². The fraction of sp³-hybridized carbons (Fsp3) is 0.161. The van der Waals surface area contributed by atoms with Gasteiger partial charge in [-0.05, 0) is 58.9 Å². The van der Waals surface area contributed by atoms with Crippen LogP contribution >= 0.6 is 6.89 Å². The van der Waals surface area contributed by atoms with Crippen LogP contribution in [0.2, 0.25) is 0 Å². The van der Waals surface area contributed by atoms with E-state index in [0.717, 1.165) is 38.2 Å². The fourth-order valence-corrected chi connectivity index (χ4v) is 14.4. The van der Waals surface area contributed by atoms with Gasteiger partial charge in [-0.25, -0.2) is 4.79 Å². The Bertz CT molecular complexity index is 2630. The minimum Gasteiger partial charge on any atom is -0.455 e. The molecule has 3 atom stereocenters. The average Bonchev–Trinajstić information content (AvgIpc) is 3.33. The molecule has 8 rings (SSSR count). The topological polar surface area (TPSA) is 75.7 Å². The maximum Gasteiger partial charge on any atom is 0.356 e. The number of carbonyl (C=O) groups is 2. The van der Waals surface area contributed by atoms with Crippen LogP contribution in [0.4, 0.5) is 0 Å². The monoisotopic (exact) mass is 878 g/mol. The Morgan fingerprint density at radius 3 is 1.36 bits per heavy atom. The van der Waals surface area contributed by atoms with Crippen LogP contribution in [0.3, 0.4) is 0 Å². The van der Waals surface area contributed by atoms with Gasteiger partial charge < -0.3 is 4.74 Å². The van der Waals surface area contributed by atoms with Gasteiger partial charge in [0.25, 0.3) is 0 Å². The molecule has 3 unspecified atom stereocenters. The first kappa shape index (κ1) is 44.1. The van der Waals surface area contributed by atoms with E-state index in [2.05, 4.69) is 17.2 Å². The quantitative estimate of drug-likeness (QED) is 0.0414. The van der Waals surface area contributed by atoms with Crippen molar-refractivity contribution in [3.8, 4) is 11.8 Å². The Balaban J connectivity index is 1.41. The second kappa shape index (κ2) is 19.5. The molecule has 1 saturated heterocycles. The highest BCUT2D eigenvalue weighted by atomic mass is 32.2. The van der Waals surface area contributed by atoms with E-state index in [0.29, 0.717) is 6.42 Å². The highest BCUT2D eigenvalue weighted by Crippen LogP contribution is 2.50. The van der Waals surface area contributed by atoms with Crippen LogP contribution in [0.25, 0.3) is 0 Å². The summed E-state index contributed by atoms with van der Waals surface area (Å²) >= 11 is 0. The first-order valence-corrected chi connectivity index (χ1v) is 24.6. The Kier molecular flexibility index (Phi) is 13.4. The van der Waals surface area contributed by atoms with Crippen molar-refractivity contribution in [2.75, 3.05) is 5.75 Å². The molecule has 64 heavy (non-hydrogen) atoms. The van der Waals surface area contributed by atoms with Crippen molar-refractivity contribution in [3.05, 3.63) is 235 Å². The first-order chi connectivity index (χ1) is 31.1. The van der Waals surface area contributed by atoms with E-state index in [1.807, 2.05) is 233 Å². The van der Waals surface area contributed by atoms with Crippen LogP contribution in [0.5, 0.6) is 0 Å². The number of carbonyl (C=O) groups excluding carboxylic acids is 2. The lowest BCUT2D eigenvalue weighted by molar-refractivity contribution is -0.151. The Morgan fingerprint density at radius 2 is 0.969 bits per heavy atom. The van der Waals surface area contributed by atoms with Crippen molar-refractivity contribution in [1.29, 1.82) is 0 Å². The number of nitrogens with zero attached hydrogens (tertiary/aromatic N) is 1. The summed E-state index contributed by atoms with van der Waals surface area (Å²) in [5, 5.41) is 5.35. The fourth-order valence-electron chi connectivity index (χ4n) is 8.60. The summed E-state index contributed by atoms with van der Waals surface area (Å²) < 4.78 is 21.9. The van der Waals surface area contributed by atoms with E-state index in [1.54, 1.807) is 0 Å². The summed E-state index contributed by atoms with van der Waals surface area (Å²) in [5.74, 6) is 5.36. The number of rotatable bonds is 13. The average molecular weight is 879 g/mol. The Hall–Kier alpha value is -6.55. The second-order valence-electron chi connectivity index (χ2n) is 16.6. The van der Waals surface area contributed by atoms with Crippen molar-refractivity contribution < 1.29 is 18.5 Å². The van der Waals surface area contributed by atoms with E-state index in [9.17, 15) is 0 Å². The predicted octanol–water partition coefficient (Wildman–Crippen LogP) is 8.57. The van der Waals surface area contributed by atoms with Gasteiger partial charge in [0.05, 0.1) is 22.1 Å². The lowest BCUT2D eigenvalue weighted by Crippen LogP contribution is -2.76. The molecule has 7 aromatic carbocycles. The molecule has 7 aromatic rings. The molecule has 0 spiro atoms. The summed E-state index contributed by atoms with van der Waals surface area (Å²) in [7, 11) is -1.83. The van der Waals surface area contributed by atoms with Crippen LogP contribution in [0.15, 0.2) is 212 Å². The second-order valence-corrected chi connectivity index (χ2v) is 21.5. The molecular weight excluding hydrogens is 828 g/mol. The zero-order chi connectivity index (χ0) is 44.6. The van der Waals surface area contributed by atoms with Crippen molar-refractivity contribution in [2.45, 2.75) is 49.7 Å². The van der Waals surface area contributed by atoms with Gasteiger partial charge in [-0.15, -0.1) is 0 Å². The largest absolute Gasteiger partial charge is 0.455 e. The van der Waals surface area contributed by atoms with Crippen molar-refractivity contribution >= 4 is 50.9 Å². The smallest absolute Gasteiger partial charge is 0.356 e. The molecular formula is C56H51N2O4PS. The number of nitrogens with one attached hydrogen (secondary N) is 1. The van der Waals surface area contributed by atoms with Crippen molar-refractivity contribution in [1.82, 2.24) is 10.2 Å². The molecule has 0 radical (unpaired) electrons. The molecule has 1 amide bonds. The van der Waals surface area contributed by atoms with Gasteiger partial charge in [0.1, 0.15) is 22.4 Å². The van der Waals surface area contributed by atoms with Crippen molar-refractivity contribution in [2.24, 2.45) is 0 Å². The zero-order valence-electron chi connectivity index (χ0n) is 36.2.